The summed E-state index contributed by atoms with van der Waals surface area (Å²) in [6.07, 6.45) is 1.69. The van der Waals surface area contributed by atoms with Crippen LogP contribution in [0, 0.1) is 0 Å². The van der Waals surface area contributed by atoms with Crippen molar-refractivity contribution in [3.63, 3.8) is 0 Å². The molecule has 0 saturated carbocycles. The molecule has 7 heteroatoms. The maximum Gasteiger partial charge on any atom is 0.332 e. The van der Waals surface area contributed by atoms with Crippen molar-refractivity contribution in [3.05, 3.63) is 40.9 Å². The highest BCUT2D eigenvalue weighted by molar-refractivity contribution is 7.86. The van der Waals surface area contributed by atoms with Gasteiger partial charge in [0.05, 0.1) is 0 Å². The molecule has 0 aliphatic carbocycles. The molecule has 0 unspecified atom stereocenters. The number of halogens is 1. The molecule has 1 aliphatic heterocycles. The van der Waals surface area contributed by atoms with Crippen molar-refractivity contribution in [3.8, 4) is 0 Å². The quantitative estimate of drug-likeness (QED) is 0.794. The van der Waals surface area contributed by atoms with Crippen LogP contribution >= 0.6 is 11.3 Å². The van der Waals surface area contributed by atoms with E-state index in [1.54, 1.807) is 12.3 Å². The Labute approximate surface area is 108 Å². The molecule has 0 amide bonds. The first-order valence-corrected chi connectivity index (χ1v) is 7.52. The zero-order valence-electron chi connectivity index (χ0n) is 9.21. The van der Waals surface area contributed by atoms with E-state index in [2.05, 4.69) is 4.98 Å². The maximum absolute atomic E-state index is 13.2. The summed E-state index contributed by atoms with van der Waals surface area (Å²) in [7, 11) is -4.66. The van der Waals surface area contributed by atoms with Gasteiger partial charge in [-0.3, -0.25) is 0 Å². The summed E-state index contributed by atoms with van der Waals surface area (Å²) in [6, 6.07) is 4.69. The lowest BCUT2D eigenvalue weighted by molar-refractivity contribution is 0.551. The van der Waals surface area contributed by atoms with E-state index in [9.17, 15) is 12.3 Å². The Balaban J connectivity index is 2.04. The first-order chi connectivity index (χ1) is 8.55. The third kappa shape index (κ3) is 1.89. The SMILES string of the molecule is O=S(=O)(F)c1cccc2c1CN(c1nccs1)C2. The first-order valence-electron chi connectivity index (χ1n) is 5.25. The van der Waals surface area contributed by atoms with Crippen molar-refractivity contribution in [1.82, 2.24) is 4.98 Å². The highest BCUT2D eigenvalue weighted by atomic mass is 32.3. The molecule has 0 N–H and O–H groups in total. The molecule has 1 aromatic heterocycles. The van der Waals surface area contributed by atoms with Crippen molar-refractivity contribution in [1.29, 1.82) is 0 Å². The molecule has 0 fully saturated rings. The lowest BCUT2D eigenvalue weighted by atomic mass is 10.1. The minimum atomic E-state index is -4.66. The second kappa shape index (κ2) is 4.03. The average Bonchev–Trinajstić information content (AvgIpc) is 2.95. The van der Waals surface area contributed by atoms with Crippen molar-refractivity contribution < 1.29 is 12.3 Å². The van der Waals surface area contributed by atoms with Gasteiger partial charge in [0.2, 0.25) is 0 Å². The van der Waals surface area contributed by atoms with Crippen LogP contribution in [-0.2, 0) is 23.3 Å². The number of aromatic nitrogens is 1. The molecule has 0 spiro atoms. The summed E-state index contributed by atoms with van der Waals surface area (Å²) in [4.78, 5) is 5.89. The Kier molecular flexibility index (Phi) is 2.60. The Hall–Kier alpha value is -1.47. The van der Waals surface area contributed by atoms with Gasteiger partial charge >= 0.3 is 10.2 Å². The maximum atomic E-state index is 13.2. The topological polar surface area (TPSA) is 50.3 Å². The van der Waals surface area contributed by atoms with Crippen LogP contribution in [0.5, 0.6) is 0 Å². The minimum absolute atomic E-state index is 0.223. The van der Waals surface area contributed by atoms with E-state index in [0.29, 0.717) is 18.7 Å². The molecular formula is C11H9FN2O2S2. The molecule has 2 aromatic rings. The van der Waals surface area contributed by atoms with Gasteiger partial charge in [-0.25, -0.2) is 4.98 Å². The first kappa shape index (κ1) is 11.6. The van der Waals surface area contributed by atoms with E-state index in [1.807, 2.05) is 16.3 Å². The second-order valence-corrected chi connectivity index (χ2v) is 6.19. The number of anilines is 1. The van der Waals surface area contributed by atoms with Crippen molar-refractivity contribution in [2.75, 3.05) is 4.90 Å². The minimum Gasteiger partial charge on any atom is -0.339 e. The summed E-state index contributed by atoms with van der Waals surface area (Å²) in [5.74, 6) is 0. The molecule has 0 bridgehead atoms. The molecule has 0 atom stereocenters. The van der Waals surface area contributed by atoms with Gasteiger partial charge < -0.3 is 4.90 Å². The fraction of sp³-hybridized carbons (Fsp3) is 0.182. The normalized spacial score (nSPS) is 14.8. The summed E-state index contributed by atoms with van der Waals surface area (Å²) in [5, 5.41) is 2.67. The Morgan fingerprint density at radius 3 is 2.83 bits per heavy atom. The molecular weight excluding hydrogens is 275 g/mol. The Bertz CT molecular complexity index is 683. The molecule has 18 heavy (non-hydrogen) atoms. The van der Waals surface area contributed by atoms with E-state index in [-0.39, 0.29) is 4.90 Å². The monoisotopic (exact) mass is 284 g/mol. The van der Waals surface area contributed by atoms with Crippen LogP contribution in [0.15, 0.2) is 34.7 Å². The van der Waals surface area contributed by atoms with Gasteiger partial charge in [0.1, 0.15) is 4.90 Å². The lowest BCUT2D eigenvalue weighted by Crippen LogP contribution is -2.14. The van der Waals surface area contributed by atoms with Crippen LogP contribution in [0.2, 0.25) is 0 Å². The third-order valence-electron chi connectivity index (χ3n) is 2.89. The molecule has 2 heterocycles. The van der Waals surface area contributed by atoms with Crippen molar-refractivity contribution in [2.24, 2.45) is 0 Å². The molecule has 0 radical (unpaired) electrons. The number of fused-ring (bicyclic) bond motifs is 1. The van der Waals surface area contributed by atoms with Gasteiger partial charge in [-0.15, -0.1) is 15.2 Å². The van der Waals surface area contributed by atoms with Crippen molar-refractivity contribution in [2.45, 2.75) is 18.0 Å². The molecule has 1 aliphatic rings. The van der Waals surface area contributed by atoms with E-state index in [0.717, 1.165) is 10.7 Å². The number of rotatable bonds is 2. The van der Waals surface area contributed by atoms with Crippen LogP contribution in [0.4, 0.5) is 9.02 Å². The number of hydrogen-bond acceptors (Lipinski definition) is 5. The van der Waals surface area contributed by atoms with Gasteiger partial charge in [-0.2, -0.15) is 8.42 Å². The smallest absolute Gasteiger partial charge is 0.332 e. The van der Waals surface area contributed by atoms with E-state index >= 15 is 0 Å². The van der Waals surface area contributed by atoms with Crippen LogP contribution in [-0.4, -0.2) is 13.4 Å². The largest absolute Gasteiger partial charge is 0.339 e. The van der Waals surface area contributed by atoms with E-state index in [4.69, 9.17) is 0 Å². The zero-order valence-corrected chi connectivity index (χ0v) is 10.8. The zero-order chi connectivity index (χ0) is 12.8. The number of nitrogens with zero attached hydrogens (tertiary/aromatic N) is 2. The van der Waals surface area contributed by atoms with Gasteiger partial charge in [0.15, 0.2) is 5.13 Å². The average molecular weight is 284 g/mol. The molecule has 1 aromatic carbocycles. The van der Waals surface area contributed by atoms with E-state index < -0.39 is 10.2 Å². The highest BCUT2D eigenvalue weighted by Gasteiger charge is 2.27. The molecule has 4 nitrogen and oxygen atoms in total. The highest BCUT2D eigenvalue weighted by Crippen LogP contribution is 2.33. The van der Waals surface area contributed by atoms with Gasteiger partial charge in [0.25, 0.3) is 0 Å². The van der Waals surface area contributed by atoms with Crippen LogP contribution in [0.1, 0.15) is 11.1 Å². The van der Waals surface area contributed by atoms with E-state index in [1.165, 1.54) is 17.4 Å². The van der Waals surface area contributed by atoms with Gasteiger partial charge in [-0.05, 0) is 17.2 Å². The Morgan fingerprint density at radius 2 is 2.17 bits per heavy atom. The van der Waals surface area contributed by atoms with Gasteiger partial charge in [0, 0.05) is 24.7 Å². The van der Waals surface area contributed by atoms with Crippen LogP contribution in [0.3, 0.4) is 0 Å². The summed E-state index contributed by atoms with van der Waals surface area (Å²) >= 11 is 1.48. The predicted molar refractivity (Wildman–Crippen MR) is 66.7 cm³/mol. The molecule has 0 saturated heterocycles. The van der Waals surface area contributed by atoms with Crippen molar-refractivity contribution >= 4 is 26.7 Å². The molecule has 3 rings (SSSR count). The second-order valence-electron chi connectivity index (χ2n) is 4.00. The number of hydrogen-bond donors (Lipinski definition) is 0. The number of benzene rings is 1. The summed E-state index contributed by atoms with van der Waals surface area (Å²) in [5.41, 5.74) is 1.37. The predicted octanol–water partition coefficient (Wildman–Crippen LogP) is 2.32. The molecule has 94 valence electrons. The third-order valence-corrected chi connectivity index (χ3v) is 4.63. The number of thiazole rings is 1. The van der Waals surface area contributed by atoms with Gasteiger partial charge in [-0.1, -0.05) is 12.1 Å². The fourth-order valence-electron chi connectivity index (χ4n) is 2.13. The Morgan fingerprint density at radius 1 is 1.33 bits per heavy atom. The lowest BCUT2D eigenvalue weighted by Gasteiger charge is -2.12. The summed E-state index contributed by atoms with van der Waals surface area (Å²) < 4.78 is 35.4. The fourth-order valence-corrected chi connectivity index (χ4v) is 3.50. The van der Waals surface area contributed by atoms with Crippen LogP contribution in [0.25, 0.3) is 0 Å². The van der Waals surface area contributed by atoms with Crippen LogP contribution < -0.4 is 4.90 Å². The standard InChI is InChI=1S/C11H9FN2O2S2/c12-18(15,16)10-3-1-2-8-6-14(7-9(8)10)11-13-4-5-17-11/h1-5H,6-7H2. The summed E-state index contributed by atoms with van der Waals surface area (Å²) in [6.45, 7) is 0.939.